The molecule has 2 unspecified atom stereocenters. The highest BCUT2D eigenvalue weighted by atomic mass is 16.3. The Morgan fingerprint density at radius 2 is 2.31 bits per heavy atom. The van der Waals surface area contributed by atoms with Crippen LogP contribution in [0.25, 0.3) is 0 Å². The molecule has 2 atom stereocenters. The van der Waals surface area contributed by atoms with E-state index in [1.54, 1.807) is 10.9 Å². The first-order valence-electron chi connectivity index (χ1n) is 5.88. The molecule has 1 rings (SSSR count). The molecule has 4 nitrogen and oxygen atoms in total. The lowest BCUT2D eigenvalue weighted by atomic mass is 9.99. The van der Waals surface area contributed by atoms with Gasteiger partial charge in [0, 0.05) is 25.4 Å². The second-order valence-electron chi connectivity index (χ2n) is 4.82. The fraction of sp³-hybridized carbons (Fsp3) is 0.750. The SMILES string of the molecule is CCC(C)CNCC(C)(O)c1cnn(C)c1. The number of aromatic nitrogens is 2. The van der Waals surface area contributed by atoms with Gasteiger partial charge in [-0.1, -0.05) is 20.3 Å². The Balaban J connectivity index is 2.46. The molecule has 0 spiro atoms. The van der Waals surface area contributed by atoms with Gasteiger partial charge in [0.15, 0.2) is 0 Å². The molecule has 0 saturated carbocycles. The highest BCUT2D eigenvalue weighted by Crippen LogP contribution is 2.18. The topological polar surface area (TPSA) is 50.1 Å². The van der Waals surface area contributed by atoms with E-state index in [4.69, 9.17) is 0 Å². The summed E-state index contributed by atoms with van der Waals surface area (Å²) < 4.78 is 1.71. The fourth-order valence-electron chi connectivity index (χ4n) is 1.51. The number of nitrogens with zero attached hydrogens (tertiary/aromatic N) is 2. The van der Waals surface area contributed by atoms with E-state index in [1.807, 2.05) is 20.2 Å². The van der Waals surface area contributed by atoms with Crippen LogP contribution in [0.1, 0.15) is 32.8 Å². The maximum absolute atomic E-state index is 10.3. The third kappa shape index (κ3) is 3.61. The van der Waals surface area contributed by atoms with Crippen molar-refractivity contribution in [2.24, 2.45) is 13.0 Å². The van der Waals surface area contributed by atoms with Gasteiger partial charge in [-0.15, -0.1) is 0 Å². The van der Waals surface area contributed by atoms with Crippen LogP contribution in [0.15, 0.2) is 12.4 Å². The fourth-order valence-corrected chi connectivity index (χ4v) is 1.51. The van der Waals surface area contributed by atoms with E-state index < -0.39 is 5.60 Å². The van der Waals surface area contributed by atoms with E-state index >= 15 is 0 Å². The minimum atomic E-state index is -0.846. The van der Waals surface area contributed by atoms with Crippen molar-refractivity contribution in [3.05, 3.63) is 18.0 Å². The Kier molecular flexibility index (Phi) is 4.50. The van der Waals surface area contributed by atoms with Gasteiger partial charge in [-0.25, -0.2) is 0 Å². The van der Waals surface area contributed by atoms with Crippen molar-refractivity contribution < 1.29 is 5.11 Å². The maximum Gasteiger partial charge on any atom is 0.102 e. The van der Waals surface area contributed by atoms with E-state index in [9.17, 15) is 5.11 Å². The summed E-state index contributed by atoms with van der Waals surface area (Å²) in [6, 6.07) is 0. The minimum absolute atomic E-state index is 0.559. The summed E-state index contributed by atoms with van der Waals surface area (Å²) in [5, 5.41) is 17.6. The van der Waals surface area contributed by atoms with E-state index in [0.717, 1.165) is 18.5 Å². The summed E-state index contributed by atoms with van der Waals surface area (Å²) in [5.74, 6) is 0.643. The largest absolute Gasteiger partial charge is 0.384 e. The average Bonchev–Trinajstić information content (AvgIpc) is 2.65. The van der Waals surface area contributed by atoms with E-state index in [2.05, 4.69) is 24.3 Å². The average molecular weight is 225 g/mol. The van der Waals surface area contributed by atoms with Crippen molar-refractivity contribution in [3.63, 3.8) is 0 Å². The number of hydrogen-bond acceptors (Lipinski definition) is 3. The van der Waals surface area contributed by atoms with Crippen molar-refractivity contribution in [1.29, 1.82) is 0 Å². The lowest BCUT2D eigenvalue weighted by molar-refractivity contribution is 0.0561. The zero-order valence-corrected chi connectivity index (χ0v) is 10.7. The monoisotopic (exact) mass is 225 g/mol. The van der Waals surface area contributed by atoms with Crippen LogP contribution in [0.2, 0.25) is 0 Å². The molecule has 2 N–H and O–H groups in total. The summed E-state index contributed by atoms with van der Waals surface area (Å²) >= 11 is 0. The molecule has 1 heterocycles. The van der Waals surface area contributed by atoms with E-state index in [0.29, 0.717) is 12.5 Å². The second kappa shape index (κ2) is 5.46. The van der Waals surface area contributed by atoms with Crippen molar-refractivity contribution >= 4 is 0 Å². The Morgan fingerprint density at radius 3 is 2.81 bits per heavy atom. The number of rotatable bonds is 6. The molecule has 0 aliphatic rings. The van der Waals surface area contributed by atoms with Crippen LogP contribution < -0.4 is 5.32 Å². The van der Waals surface area contributed by atoms with Crippen LogP contribution in [-0.2, 0) is 12.6 Å². The van der Waals surface area contributed by atoms with Crippen molar-refractivity contribution in [3.8, 4) is 0 Å². The van der Waals surface area contributed by atoms with Gasteiger partial charge < -0.3 is 10.4 Å². The molecule has 4 heteroatoms. The number of aliphatic hydroxyl groups is 1. The third-order valence-electron chi connectivity index (χ3n) is 2.99. The van der Waals surface area contributed by atoms with E-state index in [-0.39, 0.29) is 0 Å². The lowest BCUT2D eigenvalue weighted by Crippen LogP contribution is -2.37. The van der Waals surface area contributed by atoms with Gasteiger partial charge in [0.2, 0.25) is 0 Å². The summed E-state index contributed by atoms with van der Waals surface area (Å²) in [6.07, 6.45) is 4.72. The molecule has 0 aliphatic heterocycles. The second-order valence-corrected chi connectivity index (χ2v) is 4.82. The summed E-state index contributed by atoms with van der Waals surface area (Å²) in [5.41, 5.74) is 0.00787. The summed E-state index contributed by atoms with van der Waals surface area (Å²) in [7, 11) is 1.85. The predicted molar refractivity (Wildman–Crippen MR) is 65.1 cm³/mol. The summed E-state index contributed by atoms with van der Waals surface area (Å²) in [4.78, 5) is 0. The first-order chi connectivity index (χ1) is 7.45. The molecular weight excluding hydrogens is 202 g/mol. The highest BCUT2D eigenvalue weighted by Gasteiger charge is 2.24. The molecule has 92 valence electrons. The molecule has 1 aromatic rings. The van der Waals surface area contributed by atoms with Crippen LogP contribution in [0.5, 0.6) is 0 Å². The van der Waals surface area contributed by atoms with Gasteiger partial charge in [-0.05, 0) is 19.4 Å². The Bertz CT molecular complexity index is 320. The van der Waals surface area contributed by atoms with Gasteiger partial charge in [-0.2, -0.15) is 5.10 Å². The zero-order chi connectivity index (χ0) is 12.2. The first kappa shape index (κ1) is 13.2. The van der Waals surface area contributed by atoms with Crippen molar-refractivity contribution in [2.45, 2.75) is 32.8 Å². The normalized spacial score (nSPS) is 17.1. The third-order valence-corrected chi connectivity index (χ3v) is 2.99. The predicted octanol–water partition coefficient (Wildman–Crippen LogP) is 1.26. The van der Waals surface area contributed by atoms with Crippen molar-refractivity contribution in [2.75, 3.05) is 13.1 Å². The minimum Gasteiger partial charge on any atom is -0.384 e. The molecule has 0 fully saturated rings. The van der Waals surface area contributed by atoms with Crippen LogP contribution in [-0.4, -0.2) is 28.0 Å². The van der Waals surface area contributed by atoms with Crippen molar-refractivity contribution in [1.82, 2.24) is 15.1 Å². The molecule has 1 aromatic heterocycles. The van der Waals surface area contributed by atoms with Gasteiger partial charge in [0.1, 0.15) is 5.60 Å². The Labute approximate surface area is 97.7 Å². The molecule has 16 heavy (non-hydrogen) atoms. The number of nitrogens with one attached hydrogen (secondary N) is 1. The lowest BCUT2D eigenvalue weighted by Gasteiger charge is -2.23. The van der Waals surface area contributed by atoms with Crippen LogP contribution in [0.3, 0.4) is 0 Å². The highest BCUT2D eigenvalue weighted by molar-refractivity contribution is 5.14. The first-order valence-corrected chi connectivity index (χ1v) is 5.88. The Morgan fingerprint density at radius 1 is 1.62 bits per heavy atom. The van der Waals surface area contributed by atoms with Crippen LogP contribution in [0, 0.1) is 5.92 Å². The van der Waals surface area contributed by atoms with Gasteiger partial charge in [0.25, 0.3) is 0 Å². The molecule has 0 saturated heterocycles. The van der Waals surface area contributed by atoms with E-state index in [1.165, 1.54) is 0 Å². The summed E-state index contributed by atoms with van der Waals surface area (Å²) in [6.45, 7) is 7.68. The molecule has 0 aliphatic carbocycles. The standard InChI is InChI=1S/C12H23N3O/c1-5-10(2)6-13-9-12(3,16)11-7-14-15(4)8-11/h7-8,10,13,16H,5-6,9H2,1-4H3. The number of hydrogen-bond donors (Lipinski definition) is 2. The van der Waals surface area contributed by atoms with Crippen LogP contribution >= 0.6 is 0 Å². The molecular formula is C12H23N3O. The van der Waals surface area contributed by atoms with Crippen LogP contribution in [0.4, 0.5) is 0 Å². The Hall–Kier alpha value is -0.870. The maximum atomic E-state index is 10.3. The molecule has 0 amide bonds. The quantitative estimate of drug-likeness (QED) is 0.766. The smallest absolute Gasteiger partial charge is 0.102 e. The molecule has 0 bridgehead atoms. The van der Waals surface area contributed by atoms with Gasteiger partial charge in [-0.3, -0.25) is 4.68 Å². The zero-order valence-electron chi connectivity index (χ0n) is 10.7. The molecule has 0 radical (unpaired) electrons. The molecule has 0 aromatic carbocycles. The van der Waals surface area contributed by atoms with Gasteiger partial charge in [0.05, 0.1) is 6.20 Å². The van der Waals surface area contributed by atoms with Gasteiger partial charge >= 0.3 is 0 Å². The number of aryl methyl sites for hydroxylation is 1.